The lowest BCUT2D eigenvalue weighted by Gasteiger charge is -2.12. The van der Waals surface area contributed by atoms with Gasteiger partial charge in [0.25, 0.3) is 0 Å². The maximum Gasteiger partial charge on any atom is 0.189 e. The summed E-state index contributed by atoms with van der Waals surface area (Å²) in [6.45, 7) is 4.52. The van der Waals surface area contributed by atoms with Crippen molar-refractivity contribution < 1.29 is 0 Å². The Labute approximate surface area is 190 Å². The molecule has 0 aliphatic heterocycles. The molecule has 154 valence electrons. The number of rotatable bonds is 6. The second kappa shape index (κ2) is 8.48. The molecular formula is C24H25N3S3. The third-order valence-electron chi connectivity index (χ3n) is 5.72. The molecule has 6 heteroatoms. The van der Waals surface area contributed by atoms with E-state index in [-0.39, 0.29) is 0 Å². The SMILES string of the molecule is CSc1nc(SCCc2ccccc2)c2sc3nc(C(C)C)c4c(c3c2n1)CCC4. The molecule has 0 N–H and O–H groups in total. The highest BCUT2D eigenvalue weighted by Crippen LogP contribution is 2.43. The van der Waals surface area contributed by atoms with Crippen molar-refractivity contribution in [1.82, 2.24) is 15.0 Å². The van der Waals surface area contributed by atoms with Crippen LogP contribution in [0, 0.1) is 0 Å². The molecule has 5 rings (SSSR count). The van der Waals surface area contributed by atoms with Crippen molar-refractivity contribution >= 4 is 55.3 Å². The van der Waals surface area contributed by atoms with E-state index < -0.39 is 0 Å². The molecule has 0 saturated carbocycles. The van der Waals surface area contributed by atoms with Crippen LogP contribution in [0.4, 0.5) is 0 Å². The van der Waals surface area contributed by atoms with Crippen LogP contribution in [0.2, 0.25) is 0 Å². The largest absolute Gasteiger partial charge is 0.241 e. The molecule has 1 aliphatic carbocycles. The average Bonchev–Trinajstić information content (AvgIpc) is 3.38. The smallest absolute Gasteiger partial charge is 0.189 e. The molecule has 1 aliphatic rings. The predicted octanol–water partition coefficient (Wildman–Crippen LogP) is 6.91. The van der Waals surface area contributed by atoms with Crippen LogP contribution >= 0.6 is 34.9 Å². The number of benzene rings is 1. The Morgan fingerprint density at radius 2 is 1.83 bits per heavy atom. The number of thioether (sulfide) groups is 2. The standard InChI is InChI=1S/C24H25N3S3/c1-14(2)19-17-11-7-10-16(17)18-20-21(30-22(18)25-19)23(27-24(26-20)28-3)29-13-12-15-8-5-4-6-9-15/h4-6,8-9,14H,7,10-13H2,1-3H3. The van der Waals surface area contributed by atoms with E-state index in [0.717, 1.165) is 45.5 Å². The number of thiophene rings is 1. The molecule has 0 atom stereocenters. The molecule has 3 nitrogen and oxygen atoms in total. The van der Waals surface area contributed by atoms with Crippen molar-refractivity contribution in [2.24, 2.45) is 0 Å². The maximum absolute atomic E-state index is 5.14. The van der Waals surface area contributed by atoms with Crippen LogP contribution in [0.15, 0.2) is 40.5 Å². The van der Waals surface area contributed by atoms with Crippen LogP contribution in [0.1, 0.15) is 48.6 Å². The van der Waals surface area contributed by atoms with Crippen molar-refractivity contribution in [2.75, 3.05) is 12.0 Å². The van der Waals surface area contributed by atoms with Crippen LogP contribution in [-0.4, -0.2) is 27.0 Å². The van der Waals surface area contributed by atoms with E-state index in [1.165, 1.54) is 38.9 Å². The fourth-order valence-corrected chi connectivity index (χ4v) is 7.00. The van der Waals surface area contributed by atoms with Gasteiger partial charge in [-0.2, -0.15) is 0 Å². The number of pyridine rings is 1. The molecule has 0 saturated heterocycles. The van der Waals surface area contributed by atoms with Crippen LogP contribution in [0.5, 0.6) is 0 Å². The van der Waals surface area contributed by atoms with E-state index in [4.69, 9.17) is 15.0 Å². The number of aromatic nitrogens is 3. The first-order chi connectivity index (χ1) is 14.7. The van der Waals surface area contributed by atoms with Crippen LogP contribution in [-0.2, 0) is 19.3 Å². The Kier molecular flexibility index (Phi) is 5.73. The summed E-state index contributed by atoms with van der Waals surface area (Å²) in [5.74, 6) is 1.47. The highest BCUT2D eigenvalue weighted by atomic mass is 32.2. The molecular weight excluding hydrogens is 426 g/mol. The first-order valence-corrected chi connectivity index (χ1v) is 13.5. The maximum atomic E-state index is 5.14. The topological polar surface area (TPSA) is 38.7 Å². The van der Waals surface area contributed by atoms with E-state index in [1.54, 1.807) is 23.1 Å². The predicted molar refractivity (Wildman–Crippen MR) is 131 cm³/mol. The van der Waals surface area contributed by atoms with Crippen molar-refractivity contribution in [3.05, 3.63) is 52.7 Å². The number of aryl methyl sites for hydroxylation is 2. The molecule has 30 heavy (non-hydrogen) atoms. The van der Waals surface area contributed by atoms with Crippen LogP contribution < -0.4 is 0 Å². The van der Waals surface area contributed by atoms with Crippen LogP contribution in [0.25, 0.3) is 20.4 Å². The minimum atomic E-state index is 0.457. The van der Waals surface area contributed by atoms with Gasteiger partial charge in [-0.3, -0.25) is 0 Å². The minimum Gasteiger partial charge on any atom is -0.241 e. The average molecular weight is 452 g/mol. The van der Waals surface area contributed by atoms with Crippen molar-refractivity contribution in [2.45, 2.75) is 55.6 Å². The molecule has 0 bridgehead atoms. The highest BCUT2D eigenvalue weighted by Gasteiger charge is 2.25. The van der Waals surface area contributed by atoms with E-state index in [1.807, 2.05) is 11.8 Å². The zero-order valence-electron chi connectivity index (χ0n) is 17.6. The minimum absolute atomic E-state index is 0.457. The van der Waals surface area contributed by atoms with Gasteiger partial charge in [0, 0.05) is 16.8 Å². The lowest BCUT2D eigenvalue weighted by Crippen LogP contribution is -2.00. The highest BCUT2D eigenvalue weighted by molar-refractivity contribution is 7.99. The summed E-state index contributed by atoms with van der Waals surface area (Å²) in [7, 11) is 0. The Morgan fingerprint density at radius 1 is 1.03 bits per heavy atom. The van der Waals surface area contributed by atoms with E-state index >= 15 is 0 Å². The van der Waals surface area contributed by atoms with Gasteiger partial charge in [0.05, 0.1) is 10.2 Å². The molecule has 3 heterocycles. The third kappa shape index (κ3) is 3.63. The van der Waals surface area contributed by atoms with Gasteiger partial charge in [0.1, 0.15) is 9.86 Å². The number of hydrogen-bond donors (Lipinski definition) is 0. The monoisotopic (exact) mass is 451 g/mol. The summed E-state index contributed by atoms with van der Waals surface area (Å²) in [5, 5.41) is 3.28. The Bertz CT molecular complexity index is 1220. The van der Waals surface area contributed by atoms with Gasteiger partial charge in [-0.1, -0.05) is 55.9 Å². The van der Waals surface area contributed by atoms with E-state index in [9.17, 15) is 0 Å². The zero-order valence-corrected chi connectivity index (χ0v) is 20.0. The molecule has 4 aromatic rings. The van der Waals surface area contributed by atoms with Gasteiger partial charge in [0.2, 0.25) is 0 Å². The van der Waals surface area contributed by atoms with Crippen molar-refractivity contribution in [3.63, 3.8) is 0 Å². The summed E-state index contributed by atoms with van der Waals surface area (Å²) in [5.41, 5.74) is 6.77. The molecule has 0 amide bonds. The second-order valence-corrected chi connectivity index (χ2v) is 10.9. The quantitative estimate of drug-likeness (QED) is 0.181. The summed E-state index contributed by atoms with van der Waals surface area (Å²) >= 11 is 5.27. The molecule has 3 aromatic heterocycles. The molecule has 0 radical (unpaired) electrons. The van der Waals surface area contributed by atoms with E-state index in [0.29, 0.717) is 5.92 Å². The van der Waals surface area contributed by atoms with Crippen molar-refractivity contribution in [1.29, 1.82) is 0 Å². The Morgan fingerprint density at radius 3 is 2.60 bits per heavy atom. The Balaban J connectivity index is 1.61. The number of nitrogens with zero attached hydrogens (tertiary/aromatic N) is 3. The van der Waals surface area contributed by atoms with Gasteiger partial charge < -0.3 is 0 Å². The van der Waals surface area contributed by atoms with Gasteiger partial charge in [-0.15, -0.1) is 23.1 Å². The van der Waals surface area contributed by atoms with Crippen LogP contribution in [0.3, 0.4) is 0 Å². The second-order valence-electron chi connectivity index (χ2n) is 8.02. The zero-order chi connectivity index (χ0) is 20.7. The summed E-state index contributed by atoms with van der Waals surface area (Å²) in [4.78, 5) is 16.2. The molecule has 0 spiro atoms. The summed E-state index contributed by atoms with van der Waals surface area (Å²) < 4.78 is 1.21. The fraction of sp³-hybridized carbons (Fsp3) is 0.375. The summed E-state index contributed by atoms with van der Waals surface area (Å²) in [6, 6.07) is 10.7. The first-order valence-electron chi connectivity index (χ1n) is 10.5. The van der Waals surface area contributed by atoms with E-state index in [2.05, 4.69) is 50.4 Å². The van der Waals surface area contributed by atoms with Crippen molar-refractivity contribution in [3.8, 4) is 0 Å². The Hall–Kier alpha value is -1.63. The lowest BCUT2D eigenvalue weighted by molar-refractivity contribution is 0.805. The number of fused-ring (bicyclic) bond motifs is 5. The fourth-order valence-electron chi connectivity index (χ4n) is 4.33. The van der Waals surface area contributed by atoms with Gasteiger partial charge in [-0.25, -0.2) is 15.0 Å². The molecule has 0 unspecified atom stereocenters. The van der Waals surface area contributed by atoms with Gasteiger partial charge in [-0.05, 0) is 54.5 Å². The molecule has 0 fully saturated rings. The first kappa shape index (κ1) is 20.3. The van der Waals surface area contributed by atoms with Gasteiger partial charge >= 0.3 is 0 Å². The normalized spacial score (nSPS) is 13.6. The molecule has 1 aromatic carbocycles. The third-order valence-corrected chi connectivity index (χ3v) is 8.45. The lowest BCUT2D eigenvalue weighted by atomic mass is 9.99. The number of hydrogen-bond acceptors (Lipinski definition) is 6. The summed E-state index contributed by atoms with van der Waals surface area (Å²) in [6.07, 6.45) is 6.64. The van der Waals surface area contributed by atoms with Gasteiger partial charge in [0.15, 0.2) is 5.16 Å².